The number of fused-ring (bicyclic) bond motifs is 1. The summed E-state index contributed by atoms with van der Waals surface area (Å²) in [6, 6.07) is 17.9. The number of imidazole rings is 1. The van der Waals surface area contributed by atoms with E-state index >= 15 is 0 Å². The number of nitrogens with zero attached hydrogens (tertiary/aromatic N) is 6. The third kappa shape index (κ3) is 5.00. The summed E-state index contributed by atoms with van der Waals surface area (Å²) in [5, 5.41) is 4.11. The first-order chi connectivity index (χ1) is 17.1. The Morgan fingerprint density at radius 1 is 1.03 bits per heavy atom. The molecule has 0 bridgehead atoms. The van der Waals surface area contributed by atoms with Crippen molar-refractivity contribution < 1.29 is 9.53 Å². The van der Waals surface area contributed by atoms with Crippen LogP contribution in [-0.2, 0) is 17.8 Å². The molecule has 0 spiro atoms. The van der Waals surface area contributed by atoms with Crippen molar-refractivity contribution in [2.45, 2.75) is 13.1 Å². The summed E-state index contributed by atoms with van der Waals surface area (Å²) in [5.41, 5.74) is 3.57. The number of piperazine rings is 1. The average molecular weight is 492 g/mol. The zero-order valence-electron chi connectivity index (χ0n) is 19.4. The first-order valence-corrected chi connectivity index (χ1v) is 11.8. The minimum Gasteiger partial charge on any atom is -0.453 e. The average Bonchev–Trinajstić information content (AvgIpc) is 3.31. The zero-order valence-corrected chi connectivity index (χ0v) is 20.1. The molecule has 1 N–H and O–H groups in total. The maximum absolute atomic E-state index is 11.9. The number of methoxy groups -OCH3 is 1. The van der Waals surface area contributed by atoms with E-state index in [2.05, 4.69) is 27.3 Å². The smallest absolute Gasteiger partial charge is 0.409 e. The number of benzene rings is 2. The summed E-state index contributed by atoms with van der Waals surface area (Å²) >= 11 is 6.36. The van der Waals surface area contributed by atoms with Crippen LogP contribution >= 0.6 is 11.6 Å². The number of amides is 1. The third-order valence-electron chi connectivity index (χ3n) is 6.05. The van der Waals surface area contributed by atoms with Gasteiger partial charge in [-0.25, -0.2) is 9.78 Å². The maximum atomic E-state index is 11.9. The van der Waals surface area contributed by atoms with Gasteiger partial charge in [-0.1, -0.05) is 60.1 Å². The summed E-state index contributed by atoms with van der Waals surface area (Å²) in [6.07, 6.45) is 1.48. The Bertz CT molecular complexity index is 1320. The van der Waals surface area contributed by atoms with Crippen molar-refractivity contribution in [1.82, 2.24) is 24.4 Å². The number of rotatable bonds is 6. The largest absolute Gasteiger partial charge is 0.453 e. The molecule has 2 aromatic heterocycles. The van der Waals surface area contributed by atoms with Gasteiger partial charge in [0.05, 0.1) is 20.0 Å². The van der Waals surface area contributed by atoms with E-state index in [1.165, 1.54) is 7.11 Å². The number of carbonyl (C=O) groups excluding carboxylic acids is 1. The molecule has 0 saturated carbocycles. The van der Waals surface area contributed by atoms with Crippen molar-refractivity contribution in [3.8, 4) is 0 Å². The van der Waals surface area contributed by atoms with E-state index < -0.39 is 0 Å². The Balaban J connectivity index is 1.47. The predicted octanol–water partition coefficient (Wildman–Crippen LogP) is 4.03. The normalized spacial score (nSPS) is 13.8. The van der Waals surface area contributed by atoms with E-state index in [1.807, 2.05) is 47.0 Å². The molecule has 3 heterocycles. The van der Waals surface area contributed by atoms with E-state index in [9.17, 15) is 4.79 Å². The molecule has 180 valence electrons. The number of aromatic nitrogens is 4. The first-order valence-electron chi connectivity index (χ1n) is 11.4. The summed E-state index contributed by atoms with van der Waals surface area (Å²) in [6.45, 7) is 3.45. The van der Waals surface area contributed by atoms with Crippen LogP contribution in [0.5, 0.6) is 0 Å². The molecule has 10 heteroatoms. The van der Waals surface area contributed by atoms with Crippen molar-refractivity contribution in [1.29, 1.82) is 0 Å². The van der Waals surface area contributed by atoms with E-state index in [0.717, 1.165) is 16.8 Å². The van der Waals surface area contributed by atoms with Gasteiger partial charge in [-0.3, -0.25) is 0 Å². The van der Waals surface area contributed by atoms with Gasteiger partial charge >= 0.3 is 6.09 Å². The maximum Gasteiger partial charge on any atom is 0.409 e. The van der Waals surface area contributed by atoms with Gasteiger partial charge in [-0.15, -0.1) is 0 Å². The van der Waals surface area contributed by atoms with Gasteiger partial charge in [-0.05, 0) is 17.2 Å². The second-order valence-electron chi connectivity index (χ2n) is 8.29. The lowest BCUT2D eigenvalue weighted by molar-refractivity contribution is 0.121. The topological polar surface area (TPSA) is 88.4 Å². The molecule has 1 aliphatic heterocycles. The van der Waals surface area contributed by atoms with E-state index in [1.54, 1.807) is 11.2 Å². The number of nitrogens with one attached hydrogen (secondary N) is 1. The van der Waals surface area contributed by atoms with Gasteiger partial charge in [-0.2, -0.15) is 9.97 Å². The molecule has 0 unspecified atom stereocenters. The van der Waals surface area contributed by atoms with Gasteiger partial charge in [0, 0.05) is 37.7 Å². The summed E-state index contributed by atoms with van der Waals surface area (Å²) in [4.78, 5) is 30.0. The van der Waals surface area contributed by atoms with E-state index in [-0.39, 0.29) is 6.09 Å². The first kappa shape index (κ1) is 22.9. The third-order valence-corrected chi connectivity index (χ3v) is 6.42. The van der Waals surface area contributed by atoms with Crippen molar-refractivity contribution in [3.05, 3.63) is 77.1 Å². The fraction of sp³-hybridized carbons (Fsp3) is 0.280. The highest BCUT2D eigenvalue weighted by Crippen LogP contribution is 2.25. The van der Waals surface area contributed by atoms with E-state index in [0.29, 0.717) is 61.6 Å². The minimum atomic E-state index is -0.316. The predicted molar refractivity (Wildman–Crippen MR) is 136 cm³/mol. The lowest BCUT2D eigenvalue weighted by Crippen LogP contribution is -2.49. The Morgan fingerprint density at radius 3 is 2.51 bits per heavy atom. The highest BCUT2D eigenvalue weighted by molar-refractivity contribution is 6.31. The minimum absolute atomic E-state index is 0.316. The monoisotopic (exact) mass is 491 g/mol. The SMILES string of the molecule is COC(=O)N1CCN(c2nc(NCc3ccccc3Cl)c3ncn(Cc4ccccc4)c3n2)CC1. The summed E-state index contributed by atoms with van der Waals surface area (Å²) < 4.78 is 6.89. The Labute approximate surface area is 208 Å². The lowest BCUT2D eigenvalue weighted by Gasteiger charge is -2.33. The summed E-state index contributed by atoms with van der Waals surface area (Å²) in [7, 11) is 1.40. The molecule has 1 saturated heterocycles. The molecule has 9 nitrogen and oxygen atoms in total. The molecule has 0 radical (unpaired) electrons. The molecule has 1 fully saturated rings. The van der Waals surface area contributed by atoms with Crippen LogP contribution in [0.4, 0.5) is 16.6 Å². The number of anilines is 2. The van der Waals surface area contributed by atoms with Crippen LogP contribution in [0.1, 0.15) is 11.1 Å². The number of hydrogen-bond donors (Lipinski definition) is 1. The Kier molecular flexibility index (Phi) is 6.67. The van der Waals surface area contributed by atoms with Crippen LogP contribution in [0.2, 0.25) is 5.02 Å². The molecule has 1 aliphatic rings. The fourth-order valence-electron chi connectivity index (χ4n) is 4.13. The molecular weight excluding hydrogens is 466 g/mol. The molecule has 0 aliphatic carbocycles. The molecule has 35 heavy (non-hydrogen) atoms. The zero-order chi connectivity index (χ0) is 24.2. The van der Waals surface area contributed by atoms with Gasteiger partial charge in [0.25, 0.3) is 0 Å². The van der Waals surface area contributed by atoms with Crippen LogP contribution in [-0.4, -0.2) is 63.8 Å². The van der Waals surface area contributed by atoms with Crippen LogP contribution in [0.25, 0.3) is 11.2 Å². The van der Waals surface area contributed by atoms with Gasteiger partial charge < -0.3 is 24.4 Å². The van der Waals surface area contributed by atoms with Crippen molar-refractivity contribution in [2.24, 2.45) is 0 Å². The van der Waals surface area contributed by atoms with Crippen LogP contribution in [0, 0.1) is 0 Å². The number of carbonyl (C=O) groups is 1. The number of hydrogen-bond acceptors (Lipinski definition) is 7. The number of halogens is 1. The molecular formula is C25H26ClN7O2. The standard InChI is InChI=1S/C25H26ClN7O2/c1-35-25(34)32-13-11-31(12-14-32)24-29-22(27-15-19-9-5-6-10-20(19)26)21-23(30-24)33(17-28-21)16-18-7-3-2-4-8-18/h2-10,17H,11-16H2,1H3,(H,27,29,30). The summed E-state index contributed by atoms with van der Waals surface area (Å²) in [5.74, 6) is 1.24. The second kappa shape index (κ2) is 10.2. The highest BCUT2D eigenvalue weighted by atomic mass is 35.5. The molecule has 4 aromatic rings. The Hall–Kier alpha value is -3.85. The highest BCUT2D eigenvalue weighted by Gasteiger charge is 2.25. The van der Waals surface area contributed by atoms with Crippen molar-refractivity contribution in [3.63, 3.8) is 0 Å². The molecule has 2 aromatic carbocycles. The van der Waals surface area contributed by atoms with Crippen LogP contribution < -0.4 is 10.2 Å². The molecule has 5 rings (SSSR count). The molecule has 1 amide bonds. The van der Waals surface area contributed by atoms with Crippen molar-refractivity contribution in [2.75, 3.05) is 43.5 Å². The number of ether oxygens (including phenoxy) is 1. The molecule has 0 atom stereocenters. The van der Waals surface area contributed by atoms with Gasteiger partial charge in [0.15, 0.2) is 17.0 Å². The lowest BCUT2D eigenvalue weighted by atomic mass is 10.2. The van der Waals surface area contributed by atoms with Gasteiger partial charge in [0.1, 0.15) is 0 Å². The van der Waals surface area contributed by atoms with Gasteiger partial charge in [0.2, 0.25) is 5.95 Å². The fourth-order valence-corrected chi connectivity index (χ4v) is 4.33. The quantitative estimate of drug-likeness (QED) is 0.435. The van der Waals surface area contributed by atoms with E-state index in [4.69, 9.17) is 26.3 Å². The van der Waals surface area contributed by atoms with Crippen LogP contribution in [0.3, 0.4) is 0 Å². The van der Waals surface area contributed by atoms with Crippen LogP contribution in [0.15, 0.2) is 60.9 Å². The van der Waals surface area contributed by atoms with Crippen molar-refractivity contribution >= 4 is 40.6 Å². The second-order valence-corrected chi connectivity index (χ2v) is 8.70. The Morgan fingerprint density at radius 2 is 1.77 bits per heavy atom.